The molecule has 1 aromatic carbocycles. The summed E-state index contributed by atoms with van der Waals surface area (Å²) in [4.78, 5) is 22.8. The van der Waals surface area contributed by atoms with E-state index in [1.165, 1.54) is 6.08 Å². The molecule has 5 nitrogen and oxygen atoms in total. The number of nitro groups is 1. The normalized spacial score (nSPS) is 9.40. The first-order valence-corrected chi connectivity index (χ1v) is 4.11. The zero-order valence-electron chi connectivity index (χ0n) is 7.64. The summed E-state index contributed by atoms with van der Waals surface area (Å²) in [6, 6.07) is 3.25. The third-order valence-electron chi connectivity index (χ3n) is 1.80. The summed E-state index contributed by atoms with van der Waals surface area (Å²) in [7, 11) is 0. The van der Waals surface area contributed by atoms with Gasteiger partial charge < -0.3 is 0 Å². The fourth-order valence-electron chi connectivity index (χ4n) is 1.09. The summed E-state index contributed by atoms with van der Waals surface area (Å²) < 4.78 is 13.1. The lowest BCUT2D eigenvalue weighted by Gasteiger charge is -1.99. The zero-order chi connectivity index (χ0) is 11.3. The van der Waals surface area contributed by atoms with Crippen molar-refractivity contribution < 1.29 is 14.1 Å². The lowest BCUT2D eigenvalue weighted by molar-refractivity contribution is -0.385. The van der Waals surface area contributed by atoms with E-state index in [1.54, 1.807) is 0 Å². The van der Waals surface area contributed by atoms with Gasteiger partial charge in [-0.15, -0.1) is 0 Å². The highest BCUT2D eigenvalue weighted by Crippen LogP contribution is 2.17. The van der Waals surface area contributed by atoms with E-state index in [9.17, 15) is 19.3 Å². The number of non-ortho nitro benzene ring substituents is 1. The van der Waals surface area contributed by atoms with Gasteiger partial charge in [0, 0.05) is 12.1 Å². The van der Waals surface area contributed by atoms with Crippen molar-refractivity contribution in [3.8, 4) is 0 Å². The quantitative estimate of drug-likeness (QED) is 0.328. The van der Waals surface area contributed by atoms with Gasteiger partial charge in [0.15, 0.2) is 0 Å². The number of isocyanates is 1. The SMILES string of the molecule is O=C=NCCc1cc([N+](=O)[O-])ccc1F. The molecule has 0 unspecified atom stereocenters. The topological polar surface area (TPSA) is 72.6 Å². The maximum absolute atomic E-state index is 13.1. The molecule has 0 saturated heterocycles. The third-order valence-corrected chi connectivity index (χ3v) is 1.80. The molecule has 0 spiro atoms. The van der Waals surface area contributed by atoms with Crippen molar-refractivity contribution >= 4 is 11.8 Å². The van der Waals surface area contributed by atoms with E-state index >= 15 is 0 Å². The number of hydrogen-bond donors (Lipinski definition) is 0. The van der Waals surface area contributed by atoms with Crippen LogP contribution < -0.4 is 0 Å². The second-order valence-corrected chi connectivity index (χ2v) is 2.76. The molecule has 0 N–H and O–H groups in total. The summed E-state index contributed by atoms with van der Waals surface area (Å²) >= 11 is 0. The minimum atomic E-state index is -0.605. The molecule has 0 aliphatic rings. The maximum Gasteiger partial charge on any atom is 0.269 e. The lowest BCUT2D eigenvalue weighted by Crippen LogP contribution is -1.96. The summed E-state index contributed by atoms with van der Waals surface area (Å²) in [5.41, 5.74) is -0.00955. The van der Waals surface area contributed by atoms with E-state index in [1.807, 2.05) is 0 Å². The average molecular weight is 210 g/mol. The summed E-state index contributed by atoms with van der Waals surface area (Å²) in [6.07, 6.45) is 1.46. The molecule has 0 aromatic heterocycles. The second-order valence-electron chi connectivity index (χ2n) is 2.76. The molecule has 0 aliphatic heterocycles. The molecule has 6 heteroatoms. The number of halogens is 1. The van der Waals surface area contributed by atoms with Crippen LogP contribution in [0, 0.1) is 15.9 Å². The fourth-order valence-corrected chi connectivity index (χ4v) is 1.09. The maximum atomic E-state index is 13.1. The highest BCUT2D eigenvalue weighted by molar-refractivity contribution is 5.36. The molecule has 0 fully saturated rings. The molecule has 1 aromatic rings. The highest BCUT2D eigenvalue weighted by atomic mass is 19.1. The first-order valence-electron chi connectivity index (χ1n) is 4.11. The molecule has 0 bridgehead atoms. The highest BCUT2D eigenvalue weighted by Gasteiger charge is 2.09. The van der Waals surface area contributed by atoms with Crippen molar-refractivity contribution in [1.29, 1.82) is 0 Å². The van der Waals surface area contributed by atoms with Crippen LogP contribution in [0.2, 0.25) is 0 Å². The van der Waals surface area contributed by atoms with Crippen LogP contribution in [0.5, 0.6) is 0 Å². The van der Waals surface area contributed by atoms with E-state index in [2.05, 4.69) is 4.99 Å². The van der Waals surface area contributed by atoms with Gasteiger partial charge >= 0.3 is 0 Å². The van der Waals surface area contributed by atoms with E-state index < -0.39 is 10.7 Å². The van der Waals surface area contributed by atoms with Gasteiger partial charge in [0.2, 0.25) is 6.08 Å². The van der Waals surface area contributed by atoms with E-state index in [0.29, 0.717) is 0 Å². The Morgan fingerprint density at radius 1 is 1.53 bits per heavy atom. The Kier molecular flexibility index (Phi) is 3.65. The summed E-state index contributed by atoms with van der Waals surface area (Å²) in [5.74, 6) is -0.540. The first kappa shape index (κ1) is 11.0. The Morgan fingerprint density at radius 3 is 2.87 bits per heavy atom. The number of nitrogens with zero attached hydrogens (tertiary/aromatic N) is 2. The Balaban J connectivity index is 2.89. The number of benzene rings is 1. The average Bonchev–Trinajstić information content (AvgIpc) is 2.20. The Hall–Kier alpha value is -2.07. The Labute approximate surface area is 84.4 Å². The predicted molar refractivity (Wildman–Crippen MR) is 49.7 cm³/mol. The second kappa shape index (κ2) is 4.97. The smallest absolute Gasteiger partial charge is 0.258 e. The predicted octanol–water partition coefficient (Wildman–Crippen LogP) is 1.61. The van der Waals surface area contributed by atoms with Gasteiger partial charge in [0.05, 0.1) is 11.5 Å². The molecule has 0 saturated carbocycles. The van der Waals surface area contributed by atoms with Gasteiger partial charge in [0.1, 0.15) is 5.82 Å². The van der Waals surface area contributed by atoms with Crippen LogP contribution >= 0.6 is 0 Å². The summed E-state index contributed by atoms with van der Waals surface area (Å²) in [5, 5.41) is 10.4. The number of nitro benzene ring substituents is 1. The molecule has 0 atom stereocenters. The van der Waals surface area contributed by atoms with Crippen LogP contribution in [0.25, 0.3) is 0 Å². The van der Waals surface area contributed by atoms with Crippen LogP contribution in [0.3, 0.4) is 0 Å². The van der Waals surface area contributed by atoms with Gasteiger partial charge in [-0.3, -0.25) is 10.1 Å². The van der Waals surface area contributed by atoms with E-state index in [-0.39, 0.29) is 24.2 Å². The number of hydrogen-bond acceptors (Lipinski definition) is 4. The fraction of sp³-hybridized carbons (Fsp3) is 0.222. The Morgan fingerprint density at radius 2 is 2.27 bits per heavy atom. The van der Waals surface area contributed by atoms with Crippen molar-refractivity contribution in [2.45, 2.75) is 6.42 Å². The van der Waals surface area contributed by atoms with Gasteiger partial charge in [-0.2, -0.15) is 0 Å². The molecular formula is C9H7FN2O3. The molecule has 0 radical (unpaired) electrons. The van der Waals surface area contributed by atoms with Crippen LogP contribution in [-0.4, -0.2) is 17.5 Å². The monoisotopic (exact) mass is 210 g/mol. The number of aliphatic imine (C=N–C) groups is 1. The van der Waals surface area contributed by atoms with E-state index in [0.717, 1.165) is 18.2 Å². The molecule has 15 heavy (non-hydrogen) atoms. The van der Waals surface area contributed by atoms with Crippen LogP contribution in [0.1, 0.15) is 5.56 Å². The van der Waals surface area contributed by atoms with Crippen LogP contribution in [0.15, 0.2) is 23.2 Å². The van der Waals surface area contributed by atoms with Gasteiger partial charge in [-0.25, -0.2) is 14.2 Å². The molecule has 0 heterocycles. The van der Waals surface area contributed by atoms with Gasteiger partial charge in [0.25, 0.3) is 5.69 Å². The Bertz CT molecular complexity index is 427. The lowest BCUT2D eigenvalue weighted by atomic mass is 10.1. The number of carbonyl (C=O) groups excluding carboxylic acids is 1. The van der Waals surface area contributed by atoms with Crippen molar-refractivity contribution in [2.24, 2.45) is 4.99 Å². The molecular weight excluding hydrogens is 203 g/mol. The largest absolute Gasteiger partial charge is 0.269 e. The third kappa shape index (κ3) is 2.96. The minimum Gasteiger partial charge on any atom is -0.258 e. The van der Waals surface area contributed by atoms with Crippen LogP contribution in [-0.2, 0) is 11.2 Å². The van der Waals surface area contributed by atoms with E-state index in [4.69, 9.17) is 0 Å². The molecule has 1 rings (SSSR count). The van der Waals surface area contributed by atoms with Crippen molar-refractivity contribution in [2.75, 3.05) is 6.54 Å². The van der Waals surface area contributed by atoms with Crippen molar-refractivity contribution in [3.05, 3.63) is 39.7 Å². The molecule has 0 aliphatic carbocycles. The summed E-state index contributed by atoms with van der Waals surface area (Å²) in [6.45, 7) is 0.0710. The zero-order valence-corrected chi connectivity index (χ0v) is 7.64. The standard InChI is InChI=1S/C9H7FN2O3/c10-9-2-1-8(12(14)15)5-7(9)3-4-11-6-13/h1-2,5H,3-4H2. The van der Waals surface area contributed by atoms with Gasteiger partial charge in [-0.1, -0.05) is 0 Å². The van der Waals surface area contributed by atoms with Crippen molar-refractivity contribution in [1.82, 2.24) is 0 Å². The number of rotatable bonds is 4. The first-order chi connectivity index (χ1) is 7.15. The molecule has 78 valence electrons. The molecule has 0 amide bonds. The van der Waals surface area contributed by atoms with Gasteiger partial charge in [-0.05, 0) is 18.1 Å². The van der Waals surface area contributed by atoms with Crippen LogP contribution in [0.4, 0.5) is 10.1 Å². The van der Waals surface area contributed by atoms with Crippen molar-refractivity contribution in [3.63, 3.8) is 0 Å². The minimum absolute atomic E-state index is 0.0710.